The molecule has 0 spiro atoms. The van der Waals surface area contributed by atoms with E-state index >= 15 is 0 Å². The molecule has 0 saturated heterocycles. The average molecular weight is 359 g/mol. The summed E-state index contributed by atoms with van der Waals surface area (Å²) < 4.78 is 26.2. The first-order valence-electron chi connectivity index (χ1n) is 7.42. The van der Waals surface area contributed by atoms with Gasteiger partial charge in [-0.15, -0.1) is 5.11 Å². The number of para-hydroxylation sites is 1. The molecule has 8 heteroatoms. The van der Waals surface area contributed by atoms with Crippen molar-refractivity contribution in [3.63, 3.8) is 0 Å². The number of anilines is 1. The molecule has 1 heterocycles. The second-order valence-electron chi connectivity index (χ2n) is 5.14. The smallest absolute Gasteiger partial charge is 0.288 e. The van der Waals surface area contributed by atoms with Crippen molar-refractivity contribution in [2.24, 2.45) is 10.2 Å². The Morgan fingerprint density at radius 2 is 1.72 bits per heavy atom. The molecular formula is C17H15F2N5S. The van der Waals surface area contributed by atoms with Crippen LogP contribution in [0, 0.1) is 6.92 Å². The minimum absolute atomic E-state index is 0.386. The highest BCUT2D eigenvalue weighted by molar-refractivity contribution is 7.99. The maximum atomic E-state index is 12.3. The fourth-order valence-corrected chi connectivity index (χ4v) is 2.73. The van der Waals surface area contributed by atoms with Crippen LogP contribution in [0.5, 0.6) is 0 Å². The van der Waals surface area contributed by atoms with Crippen molar-refractivity contribution < 1.29 is 8.78 Å². The van der Waals surface area contributed by atoms with Crippen molar-refractivity contribution >= 4 is 29.0 Å². The third-order valence-corrected chi connectivity index (χ3v) is 4.11. The fraction of sp³-hybridized carbons (Fsp3) is 0.118. The van der Waals surface area contributed by atoms with Gasteiger partial charge in [0.25, 0.3) is 5.76 Å². The summed E-state index contributed by atoms with van der Waals surface area (Å²) in [5, 5.41) is 12.7. The lowest BCUT2D eigenvalue weighted by molar-refractivity contribution is 0.252. The fourth-order valence-electron chi connectivity index (χ4n) is 2.23. The number of nitrogens with zero attached hydrogens (tertiary/aromatic N) is 4. The summed E-state index contributed by atoms with van der Waals surface area (Å²) in [7, 11) is 0. The predicted molar refractivity (Wildman–Crippen MR) is 95.2 cm³/mol. The van der Waals surface area contributed by atoms with Crippen molar-refractivity contribution in [3.8, 4) is 5.69 Å². The van der Waals surface area contributed by atoms with Crippen molar-refractivity contribution in [2.75, 3.05) is 5.73 Å². The molecule has 0 aliphatic heterocycles. The van der Waals surface area contributed by atoms with Crippen LogP contribution >= 0.6 is 11.8 Å². The van der Waals surface area contributed by atoms with Crippen LogP contribution in [-0.2, 0) is 0 Å². The van der Waals surface area contributed by atoms with E-state index in [0.29, 0.717) is 39.5 Å². The highest BCUT2D eigenvalue weighted by Crippen LogP contribution is 2.31. The summed E-state index contributed by atoms with van der Waals surface area (Å²) in [5.74, 6) is -2.06. The van der Waals surface area contributed by atoms with E-state index in [0.717, 1.165) is 5.69 Å². The van der Waals surface area contributed by atoms with E-state index < -0.39 is 5.76 Å². The number of halogens is 2. The van der Waals surface area contributed by atoms with Crippen LogP contribution in [0.1, 0.15) is 5.69 Å². The van der Waals surface area contributed by atoms with Crippen LogP contribution in [0.3, 0.4) is 0 Å². The van der Waals surface area contributed by atoms with Gasteiger partial charge in [-0.2, -0.15) is 19.0 Å². The number of hydrogen-bond donors (Lipinski definition) is 1. The maximum absolute atomic E-state index is 12.3. The van der Waals surface area contributed by atoms with Crippen molar-refractivity contribution in [1.82, 2.24) is 9.78 Å². The molecule has 0 fully saturated rings. The third-order valence-electron chi connectivity index (χ3n) is 3.39. The van der Waals surface area contributed by atoms with Gasteiger partial charge in [-0.3, -0.25) is 0 Å². The minimum atomic E-state index is -2.45. The van der Waals surface area contributed by atoms with Gasteiger partial charge in [-0.05, 0) is 43.3 Å². The zero-order valence-corrected chi connectivity index (χ0v) is 14.1. The summed E-state index contributed by atoms with van der Waals surface area (Å²) in [4.78, 5) is 0.474. The summed E-state index contributed by atoms with van der Waals surface area (Å²) in [6.07, 6.45) is 0. The van der Waals surface area contributed by atoms with Gasteiger partial charge < -0.3 is 5.73 Å². The molecule has 1 aromatic heterocycles. The first-order valence-corrected chi connectivity index (χ1v) is 8.29. The molecule has 5 nitrogen and oxygen atoms in total. The number of aromatic nitrogens is 2. The Morgan fingerprint density at radius 1 is 1.04 bits per heavy atom. The Labute approximate surface area is 147 Å². The molecule has 25 heavy (non-hydrogen) atoms. The van der Waals surface area contributed by atoms with Crippen LogP contribution in [-0.4, -0.2) is 15.5 Å². The Hall–Kier alpha value is -2.74. The molecule has 0 unspecified atom stereocenters. The molecule has 0 atom stereocenters. The second-order valence-corrected chi connectivity index (χ2v) is 6.20. The minimum Gasteiger partial charge on any atom is -0.382 e. The zero-order chi connectivity index (χ0) is 17.8. The van der Waals surface area contributed by atoms with Gasteiger partial charge in [0.2, 0.25) is 0 Å². The van der Waals surface area contributed by atoms with Crippen molar-refractivity contribution in [3.05, 3.63) is 60.3 Å². The Balaban J connectivity index is 1.83. The molecule has 2 N–H and O–H groups in total. The number of hydrogen-bond acceptors (Lipinski definition) is 5. The van der Waals surface area contributed by atoms with Crippen LogP contribution in [0.15, 0.2) is 69.7 Å². The van der Waals surface area contributed by atoms with E-state index in [1.807, 2.05) is 30.3 Å². The molecule has 0 radical (unpaired) electrons. The summed E-state index contributed by atoms with van der Waals surface area (Å²) in [6, 6.07) is 15.9. The predicted octanol–water partition coefficient (Wildman–Crippen LogP) is 5.49. The number of nitrogen functional groups attached to an aromatic ring is 1. The van der Waals surface area contributed by atoms with E-state index in [1.165, 1.54) is 0 Å². The quantitative estimate of drug-likeness (QED) is 0.483. The molecule has 0 amide bonds. The number of aryl methyl sites for hydroxylation is 1. The Morgan fingerprint density at radius 3 is 2.36 bits per heavy atom. The largest absolute Gasteiger partial charge is 0.382 e. The molecular weight excluding hydrogens is 344 g/mol. The number of thioether (sulfide) groups is 1. The van der Waals surface area contributed by atoms with Crippen molar-refractivity contribution in [1.29, 1.82) is 0 Å². The van der Waals surface area contributed by atoms with Gasteiger partial charge in [-0.25, -0.2) is 4.68 Å². The van der Waals surface area contributed by atoms with Gasteiger partial charge in [0.05, 0.1) is 17.1 Å². The number of alkyl halides is 2. The third kappa shape index (κ3) is 4.03. The highest BCUT2D eigenvalue weighted by atomic mass is 32.2. The molecule has 2 aromatic carbocycles. The van der Waals surface area contributed by atoms with E-state index in [9.17, 15) is 8.78 Å². The first kappa shape index (κ1) is 17.1. The van der Waals surface area contributed by atoms with Gasteiger partial charge >= 0.3 is 0 Å². The van der Waals surface area contributed by atoms with Gasteiger partial charge in [0.1, 0.15) is 0 Å². The van der Waals surface area contributed by atoms with E-state index in [-0.39, 0.29) is 0 Å². The summed E-state index contributed by atoms with van der Waals surface area (Å²) in [5.41, 5.74) is 8.65. The Kier molecular flexibility index (Phi) is 5.08. The summed E-state index contributed by atoms with van der Waals surface area (Å²) >= 11 is 0.489. The average Bonchev–Trinajstić information content (AvgIpc) is 2.89. The lowest BCUT2D eigenvalue weighted by Gasteiger charge is -2.02. The Bertz CT molecular complexity index is 876. The van der Waals surface area contributed by atoms with E-state index in [1.54, 1.807) is 35.9 Å². The van der Waals surface area contributed by atoms with Crippen LogP contribution in [0.4, 0.5) is 26.0 Å². The molecule has 3 rings (SSSR count). The lowest BCUT2D eigenvalue weighted by atomic mass is 10.3. The number of benzene rings is 2. The first-order chi connectivity index (χ1) is 12.0. The van der Waals surface area contributed by atoms with Crippen LogP contribution in [0.25, 0.3) is 5.69 Å². The molecule has 0 aliphatic carbocycles. The topological polar surface area (TPSA) is 68.6 Å². The molecule has 0 bridgehead atoms. The standard InChI is InChI=1S/C17H15F2N5S/c1-11-15(16(20)24(23-11)13-5-3-2-4-6-13)22-21-12-7-9-14(10-8-12)25-17(18)19/h2-10,17H,20H2,1H3. The van der Waals surface area contributed by atoms with Gasteiger partial charge in [-0.1, -0.05) is 30.0 Å². The number of rotatable bonds is 5. The van der Waals surface area contributed by atoms with Gasteiger partial charge in [0, 0.05) is 4.90 Å². The SMILES string of the molecule is Cc1nn(-c2ccccc2)c(N)c1N=Nc1ccc(SC(F)F)cc1. The second kappa shape index (κ2) is 7.43. The lowest BCUT2D eigenvalue weighted by Crippen LogP contribution is -2.01. The van der Waals surface area contributed by atoms with Gasteiger partial charge in [0.15, 0.2) is 11.5 Å². The molecule has 0 saturated carbocycles. The molecule has 3 aromatic rings. The van der Waals surface area contributed by atoms with Crippen molar-refractivity contribution in [2.45, 2.75) is 17.6 Å². The normalized spacial score (nSPS) is 11.5. The number of azo groups is 1. The zero-order valence-electron chi connectivity index (χ0n) is 13.3. The van der Waals surface area contributed by atoms with Crippen LogP contribution < -0.4 is 5.73 Å². The summed E-state index contributed by atoms with van der Waals surface area (Å²) in [6.45, 7) is 1.80. The highest BCUT2D eigenvalue weighted by Gasteiger charge is 2.13. The molecule has 0 aliphatic rings. The van der Waals surface area contributed by atoms with E-state index in [4.69, 9.17) is 5.73 Å². The number of nitrogens with two attached hydrogens (primary N) is 1. The molecule has 128 valence electrons. The van der Waals surface area contributed by atoms with Crippen LogP contribution in [0.2, 0.25) is 0 Å². The van der Waals surface area contributed by atoms with E-state index in [2.05, 4.69) is 15.3 Å². The monoisotopic (exact) mass is 359 g/mol. The maximum Gasteiger partial charge on any atom is 0.288 e.